The minimum absolute atomic E-state index is 0.0101. The molecule has 4 aromatic heterocycles. The van der Waals surface area contributed by atoms with E-state index in [0.29, 0.717) is 0 Å². The summed E-state index contributed by atoms with van der Waals surface area (Å²) >= 11 is 0. The average molecular weight is 674 g/mol. The van der Waals surface area contributed by atoms with Gasteiger partial charge >= 0.3 is 15.4 Å². The van der Waals surface area contributed by atoms with Crippen molar-refractivity contribution < 1.29 is 51.5 Å². The number of nitrogens with one attached hydrogen (secondary N) is 1. The molecule has 0 aromatic carbocycles. The summed E-state index contributed by atoms with van der Waals surface area (Å²) in [5.74, 6) is -1.48. The van der Waals surface area contributed by atoms with Gasteiger partial charge in [-0.25, -0.2) is 28.9 Å². The fourth-order valence-corrected chi connectivity index (χ4v) is 8.01. The summed E-state index contributed by atoms with van der Waals surface area (Å²) < 4.78 is 71.9. The van der Waals surface area contributed by atoms with Crippen LogP contribution in [0.25, 0.3) is 22.3 Å². The summed E-state index contributed by atoms with van der Waals surface area (Å²) in [5, 5.41) is 11.1. The predicted octanol–water partition coefficient (Wildman–Crippen LogP) is -1.05. The number of hydrogen-bond donors (Lipinski definition) is 6. The zero-order chi connectivity index (χ0) is 31.8. The van der Waals surface area contributed by atoms with Crippen molar-refractivity contribution >= 4 is 49.5 Å². The maximum atomic E-state index is 15.9. The van der Waals surface area contributed by atoms with E-state index in [0.717, 1.165) is 17.2 Å². The molecule has 2 bridgehead atoms. The molecule has 0 spiro atoms. The number of nitrogen functional groups attached to an aromatic ring is 2. The molecule has 21 nitrogen and oxygen atoms in total. The van der Waals surface area contributed by atoms with Crippen LogP contribution < -0.4 is 17.0 Å². The summed E-state index contributed by atoms with van der Waals surface area (Å²) in [7, 11) is -9.76. The lowest BCUT2D eigenvalue weighted by Gasteiger charge is -2.25. The van der Waals surface area contributed by atoms with Gasteiger partial charge in [0.05, 0.1) is 38.1 Å². The van der Waals surface area contributed by atoms with E-state index in [1.807, 2.05) is 0 Å². The number of aliphatic hydroxyl groups is 1. The standard InChI is InChI=1S/C21H25FN10O11P2/c22-10-14-9(42-20(10)31-5-27-11-15(23)25-4-26-16(11)31)2-39-44(35,36)3-7-13(33)8(1-40-45(37,38)43-14)41-19(7)32-6-28-12-17(32)29-21(24)30-18(12)34/h4-10,13-14,19-20,33H,1-3H2,(H,35,36)(H,37,38)(H2,23,25,26)(H3,24,29,30,34)/t7-,8-,9-,10-,13+,14-,19-,20-/m1/s1. The molecule has 3 aliphatic rings. The number of phosphoric ester groups is 1. The number of rotatable bonds is 2. The van der Waals surface area contributed by atoms with Crippen molar-refractivity contribution in [2.75, 3.05) is 30.8 Å². The Hall–Kier alpha value is -3.43. The Morgan fingerprint density at radius 2 is 1.64 bits per heavy atom. The Labute approximate surface area is 249 Å². The molecular weight excluding hydrogens is 649 g/mol. The Bertz CT molecular complexity index is 1940. The molecule has 2 unspecified atom stereocenters. The van der Waals surface area contributed by atoms with Crippen LogP contribution in [-0.4, -0.2) is 104 Å². The number of phosphoric acid groups is 1. The molecule has 3 fully saturated rings. The zero-order valence-corrected chi connectivity index (χ0v) is 24.4. The van der Waals surface area contributed by atoms with E-state index < -0.39 is 89.3 Å². The van der Waals surface area contributed by atoms with E-state index in [4.69, 9.17) is 34.5 Å². The van der Waals surface area contributed by atoms with E-state index in [1.165, 1.54) is 10.9 Å². The van der Waals surface area contributed by atoms with E-state index in [-0.39, 0.29) is 34.1 Å². The molecular formula is C21H25FN10O11P2. The fourth-order valence-electron chi connectivity index (χ4n) is 5.64. The number of H-pyrrole nitrogens is 1. The minimum atomic E-state index is -5.10. The molecule has 0 aliphatic carbocycles. The molecule has 3 saturated heterocycles. The second kappa shape index (κ2) is 10.8. The van der Waals surface area contributed by atoms with Gasteiger partial charge in [-0.2, -0.15) is 4.98 Å². The molecule has 7 rings (SSSR count). The van der Waals surface area contributed by atoms with Crippen molar-refractivity contribution in [1.29, 1.82) is 0 Å². The molecule has 24 heteroatoms. The Kier molecular flexibility index (Phi) is 7.28. The van der Waals surface area contributed by atoms with Crippen molar-refractivity contribution in [2.24, 2.45) is 5.92 Å². The van der Waals surface area contributed by atoms with Crippen molar-refractivity contribution in [2.45, 2.75) is 43.0 Å². The normalized spacial score (nSPS) is 37.7. The van der Waals surface area contributed by atoms with Gasteiger partial charge in [-0.15, -0.1) is 0 Å². The number of anilines is 2. The van der Waals surface area contributed by atoms with Gasteiger partial charge in [0.15, 0.2) is 35.0 Å². The van der Waals surface area contributed by atoms with Crippen molar-refractivity contribution in [1.82, 2.24) is 39.0 Å². The van der Waals surface area contributed by atoms with Gasteiger partial charge in [0.1, 0.15) is 36.4 Å². The maximum Gasteiger partial charge on any atom is 0.472 e. The summed E-state index contributed by atoms with van der Waals surface area (Å²) in [5.41, 5.74) is 10.8. The van der Waals surface area contributed by atoms with Gasteiger partial charge < -0.3 is 40.4 Å². The van der Waals surface area contributed by atoms with Crippen molar-refractivity contribution in [3.8, 4) is 0 Å². The first-order chi connectivity index (χ1) is 21.3. The van der Waals surface area contributed by atoms with Crippen LogP contribution >= 0.6 is 15.4 Å². The van der Waals surface area contributed by atoms with E-state index >= 15 is 4.39 Å². The highest BCUT2D eigenvalue weighted by Gasteiger charge is 2.54. The first kappa shape index (κ1) is 30.2. The second-order valence-corrected chi connectivity index (χ2v) is 13.8. The topological polar surface area (TPSA) is 300 Å². The molecule has 4 aromatic rings. The number of aliphatic hydroxyl groups excluding tert-OH is 1. The maximum absolute atomic E-state index is 15.9. The smallest absolute Gasteiger partial charge is 0.390 e. The highest BCUT2D eigenvalue weighted by atomic mass is 31.2. The third-order valence-corrected chi connectivity index (χ3v) is 10.1. The van der Waals surface area contributed by atoms with Crippen LogP contribution in [0, 0.1) is 5.92 Å². The number of imidazole rings is 2. The van der Waals surface area contributed by atoms with Crippen LogP contribution in [0.2, 0.25) is 0 Å². The molecule has 242 valence electrons. The number of ether oxygens (including phenoxy) is 2. The number of halogens is 1. The molecule has 45 heavy (non-hydrogen) atoms. The molecule has 0 saturated carbocycles. The van der Waals surface area contributed by atoms with Crippen LogP contribution in [0.4, 0.5) is 16.2 Å². The zero-order valence-electron chi connectivity index (χ0n) is 22.6. The quantitative estimate of drug-likeness (QED) is 0.138. The lowest BCUT2D eigenvalue weighted by molar-refractivity contribution is -0.0557. The number of aromatic nitrogens is 8. The number of aromatic amines is 1. The molecule has 8 N–H and O–H groups in total. The van der Waals surface area contributed by atoms with Gasteiger partial charge in [-0.1, -0.05) is 0 Å². The number of nitrogens with zero attached hydrogens (tertiary/aromatic N) is 7. The van der Waals surface area contributed by atoms with Crippen LogP contribution in [-0.2, 0) is 32.2 Å². The lowest BCUT2D eigenvalue weighted by atomic mass is 10.0. The average Bonchev–Trinajstić information content (AvgIpc) is 3.72. The van der Waals surface area contributed by atoms with Crippen LogP contribution in [0.1, 0.15) is 12.5 Å². The second-order valence-electron chi connectivity index (χ2n) is 10.5. The van der Waals surface area contributed by atoms with Gasteiger partial charge in [-0.3, -0.25) is 32.5 Å². The Balaban J connectivity index is 1.21. The Morgan fingerprint density at radius 1 is 0.956 bits per heavy atom. The summed E-state index contributed by atoms with van der Waals surface area (Å²) in [6.45, 7) is -1.57. The van der Waals surface area contributed by atoms with Gasteiger partial charge in [0, 0.05) is 5.92 Å². The van der Waals surface area contributed by atoms with Crippen LogP contribution in [0.5, 0.6) is 0 Å². The summed E-state index contributed by atoms with van der Waals surface area (Å²) in [6.07, 6.45) is -8.60. The van der Waals surface area contributed by atoms with Gasteiger partial charge in [-0.05, 0) is 0 Å². The monoisotopic (exact) mass is 674 g/mol. The lowest BCUT2D eigenvalue weighted by Crippen LogP contribution is -2.34. The fraction of sp³-hybridized carbons (Fsp3) is 0.524. The largest absolute Gasteiger partial charge is 0.472 e. The third kappa shape index (κ3) is 5.31. The highest BCUT2D eigenvalue weighted by Crippen LogP contribution is 2.54. The third-order valence-electron chi connectivity index (χ3n) is 7.69. The first-order valence-electron chi connectivity index (χ1n) is 13.2. The SMILES string of the molecule is Nc1nc2c(ncn2[C@@H]2O[C@@H]3COP(=O)(O)O[C@H]4[C@@H](F)[C@H](n5cnc6c(N)ncnc65)O[C@@H]4COP(=O)(O)C[C@@H]2[C@@H]3O)c(=O)[nH]1. The number of hydrogen-bond acceptors (Lipinski definition) is 16. The van der Waals surface area contributed by atoms with Crippen molar-refractivity contribution in [3.63, 3.8) is 0 Å². The molecule has 0 radical (unpaired) electrons. The molecule has 3 aliphatic heterocycles. The van der Waals surface area contributed by atoms with E-state index in [2.05, 4.69) is 29.9 Å². The van der Waals surface area contributed by atoms with Gasteiger partial charge in [0.25, 0.3) is 5.56 Å². The predicted molar refractivity (Wildman–Crippen MR) is 146 cm³/mol. The van der Waals surface area contributed by atoms with E-state index in [1.54, 1.807) is 0 Å². The van der Waals surface area contributed by atoms with Crippen LogP contribution in [0.15, 0.2) is 23.8 Å². The molecule has 7 heterocycles. The Morgan fingerprint density at radius 3 is 2.42 bits per heavy atom. The number of alkyl halides is 1. The van der Waals surface area contributed by atoms with Crippen molar-refractivity contribution in [3.05, 3.63) is 29.3 Å². The van der Waals surface area contributed by atoms with Crippen LogP contribution in [0.3, 0.4) is 0 Å². The molecule has 0 amide bonds. The highest BCUT2D eigenvalue weighted by molar-refractivity contribution is 7.52. The van der Waals surface area contributed by atoms with Gasteiger partial charge in [0.2, 0.25) is 5.95 Å². The first-order valence-corrected chi connectivity index (χ1v) is 16.5. The summed E-state index contributed by atoms with van der Waals surface area (Å²) in [4.78, 5) is 56.0. The minimum Gasteiger partial charge on any atom is -0.390 e. The number of fused-ring (bicyclic) bond motifs is 5. The number of nitrogens with two attached hydrogens (primary N) is 2. The summed E-state index contributed by atoms with van der Waals surface area (Å²) in [6, 6.07) is 0. The molecule has 10 atom stereocenters. The van der Waals surface area contributed by atoms with E-state index in [9.17, 15) is 28.8 Å².